The summed E-state index contributed by atoms with van der Waals surface area (Å²) in [5, 5.41) is 7.71. The van der Waals surface area contributed by atoms with E-state index < -0.39 is 0 Å². The van der Waals surface area contributed by atoms with Crippen LogP contribution in [0.2, 0.25) is 0 Å². The largest absolute Gasteiger partial charge is 0.492 e. The Morgan fingerprint density at radius 1 is 1.44 bits per heavy atom. The van der Waals surface area contributed by atoms with E-state index in [0.29, 0.717) is 17.9 Å². The number of aryl methyl sites for hydroxylation is 1. The molecule has 0 atom stereocenters. The van der Waals surface area contributed by atoms with Gasteiger partial charge in [0.2, 0.25) is 0 Å². The lowest BCUT2D eigenvalue weighted by Crippen LogP contribution is -2.17. The van der Waals surface area contributed by atoms with Gasteiger partial charge in [0, 0.05) is 36.0 Å². The first-order chi connectivity index (χ1) is 12.2. The van der Waals surface area contributed by atoms with Crippen molar-refractivity contribution >= 4 is 17.2 Å². The molecule has 0 saturated heterocycles. The van der Waals surface area contributed by atoms with Crippen LogP contribution in [0, 0.1) is 0 Å². The van der Waals surface area contributed by atoms with Crippen LogP contribution in [0.4, 0.5) is 0 Å². The Labute approximate surface area is 148 Å². The van der Waals surface area contributed by atoms with Crippen LogP contribution >= 0.6 is 11.3 Å². The number of carbonyl (C=O) groups excluding carboxylic acids is 1. The van der Waals surface area contributed by atoms with E-state index in [4.69, 9.17) is 9.72 Å². The molecule has 0 spiro atoms. The quantitative estimate of drug-likeness (QED) is 0.780. The zero-order chi connectivity index (χ0) is 17.4. The highest BCUT2D eigenvalue weighted by molar-refractivity contribution is 7.15. The van der Waals surface area contributed by atoms with Crippen LogP contribution in [0.5, 0.6) is 5.75 Å². The van der Waals surface area contributed by atoms with Gasteiger partial charge in [0.25, 0.3) is 5.91 Å². The van der Waals surface area contributed by atoms with Gasteiger partial charge in [0.15, 0.2) is 10.8 Å². The monoisotopic (exact) mass is 355 g/mol. The molecule has 8 heteroatoms. The summed E-state index contributed by atoms with van der Waals surface area (Å²) in [6.07, 6.45) is 2.33. The van der Waals surface area contributed by atoms with Gasteiger partial charge in [0.1, 0.15) is 12.1 Å². The second-order valence-corrected chi connectivity index (χ2v) is 6.66. The molecule has 0 unspecified atom stereocenters. The Kier molecular flexibility index (Phi) is 3.96. The number of fused-ring (bicyclic) bond motifs is 3. The first kappa shape index (κ1) is 15.8. The van der Waals surface area contributed by atoms with Gasteiger partial charge < -0.3 is 10.1 Å². The Bertz CT molecular complexity index is 946. The molecular formula is C17H17N5O2S. The lowest BCUT2D eigenvalue weighted by atomic mass is 10.1. The summed E-state index contributed by atoms with van der Waals surface area (Å²) in [4.78, 5) is 22.2. The van der Waals surface area contributed by atoms with E-state index in [1.54, 1.807) is 36.8 Å². The fourth-order valence-electron chi connectivity index (χ4n) is 2.87. The minimum Gasteiger partial charge on any atom is -0.492 e. The molecule has 1 aliphatic rings. The maximum Gasteiger partial charge on any atom is 0.251 e. The van der Waals surface area contributed by atoms with Gasteiger partial charge in [-0.3, -0.25) is 4.79 Å². The highest BCUT2D eigenvalue weighted by atomic mass is 32.1. The normalized spacial score (nSPS) is 12.7. The summed E-state index contributed by atoms with van der Waals surface area (Å²) in [5.41, 5.74) is 2.39. The summed E-state index contributed by atoms with van der Waals surface area (Å²) in [6, 6.07) is 5.47. The van der Waals surface area contributed by atoms with Crippen LogP contribution in [0.3, 0.4) is 0 Å². The molecule has 0 fully saturated rings. The Morgan fingerprint density at radius 2 is 2.32 bits per heavy atom. The second-order valence-electron chi connectivity index (χ2n) is 5.58. The van der Waals surface area contributed by atoms with E-state index in [1.807, 2.05) is 17.7 Å². The molecule has 1 aliphatic heterocycles. The molecule has 7 nitrogen and oxygen atoms in total. The summed E-state index contributed by atoms with van der Waals surface area (Å²) < 4.78 is 7.69. The van der Waals surface area contributed by atoms with Crippen molar-refractivity contribution in [1.29, 1.82) is 0 Å². The van der Waals surface area contributed by atoms with Crippen molar-refractivity contribution in [2.75, 3.05) is 13.7 Å². The number of hydrogen-bond acceptors (Lipinski definition) is 6. The van der Waals surface area contributed by atoms with Crippen LogP contribution in [-0.4, -0.2) is 39.3 Å². The van der Waals surface area contributed by atoms with Crippen molar-refractivity contribution in [2.45, 2.75) is 19.9 Å². The molecule has 0 aliphatic carbocycles. The van der Waals surface area contributed by atoms with Crippen LogP contribution in [0.15, 0.2) is 24.5 Å². The Balaban J connectivity index is 1.81. The van der Waals surface area contributed by atoms with Crippen molar-refractivity contribution in [3.05, 3.63) is 35.0 Å². The van der Waals surface area contributed by atoms with Gasteiger partial charge in [-0.15, -0.1) is 11.3 Å². The third-order valence-electron chi connectivity index (χ3n) is 4.12. The molecule has 0 saturated carbocycles. The van der Waals surface area contributed by atoms with E-state index in [1.165, 1.54) is 0 Å². The van der Waals surface area contributed by atoms with Gasteiger partial charge in [0.05, 0.1) is 12.3 Å². The van der Waals surface area contributed by atoms with E-state index in [2.05, 4.69) is 15.4 Å². The first-order valence-electron chi connectivity index (χ1n) is 8.08. The van der Waals surface area contributed by atoms with E-state index in [-0.39, 0.29) is 5.91 Å². The Morgan fingerprint density at radius 3 is 3.12 bits per heavy atom. The summed E-state index contributed by atoms with van der Waals surface area (Å²) in [7, 11) is 1.61. The Hall–Kier alpha value is -2.74. The van der Waals surface area contributed by atoms with Crippen molar-refractivity contribution in [3.63, 3.8) is 0 Å². The minimum atomic E-state index is -0.133. The minimum absolute atomic E-state index is 0.133. The third-order valence-corrected chi connectivity index (χ3v) is 5.23. The van der Waals surface area contributed by atoms with E-state index >= 15 is 0 Å². The van der Waals surface area contributed by atoms with Gasteiger partial charge in [-0.1, -0.05) is 0 Å². The molecule has 1 aromatic carbocycles. The predicted molar refractivity (Wildman–Crippen MR) is 94.8 cm³/mol. The van der Waals surface area contributed by atoms with E-state index in [9.17, 15) is 4.79 Å². The number of ether oxygens (including phenoxy) is 1. The number of nitrogens with zero attached hydrogens (tertiary/aromatic N) is 4. The molecule has 128 valence electrons. The number of carbonyl (C=O) groups is 1. The average molecular weight is 355 g/mol. The highest BCUT2D eigenvalue weighted by Gasteiger charge is 2.23. The number of thiazole rings is 1. The fourth-order valence-corrected chi connectivity index (χ4v) is 3.92. The number of nitrogens with one attached hydrogen (secondary N) is 1. The number of hydrogen-bond donors (Lipinski definition) is 1. The SMILES string of the molecule is CCn1ncnc1-c1nc2c(s1)CCOc1cc(C(=O)NC)ccc1-2. The fraction of sp³-hybridized carbons (Fsp3) is 0.294. The molecule has 0 bridgehead atoms. The summed E-state index contributed by atoms with van der Waals surface area (Å²) in [6.45, 7) is 3.33. The van der Waals surface area contributed by atoms with Gasteiger partial charge in [-0.25, -0.2) is 14.6 Å². The molecule has 1 N–H and O–H groups in total. The van der Waals surface area contributed by atoms with Crippen LogP contribution in [-0.2, 0) is 13.0 Å². The molecule has 2 aromatic heterocycles. The summed E-state index contributed by atoms with van der Waals surface area (Å²) >= 11 is 1.62. The molecule has 3 aromatic rings. The predicted octanol–water partition coefficient (Wildman–Crippen LogP) is 2.38. The van der Waals surface area contributed by atoms with Gasteiger partial charge in [-0.05, 0) is 25.1 Å². The standard InChI is InChI=1S/C17H17N5O2S/c1-3-22-15(19-9-20-22)17-21-14-11-5-4-10(16(23)18-2)8-12(11)24-7-6-13(14)25-17/h4-5,8-9H,3,6-7H2,1-2H3,(H,18,23). The third kappa shape index (κ3) is 2.68. The second kappa shape index (κ2) is 6.29. The molecule has 1 amide bonds. The molecule has 25 heavy (non-hydrogen) atoms. The number of rotatable bonds is 3. The van der Waals surface area contributed by atoms with Crippen molar-refractivity contribution < 1.29 is 9.53 Å². The van der Waals surface area contributed by atoms with E-state index in [0.717, 1.165) is 39.9 Å². The molecular weight excluding hydrogens is 338 g/mol. The van der Waals surface area contributed by atoms with Crippen LogP contribution < -0.4 is 10.1 Å². The number of amides is 1. The van der Waals surface area contributed by atoms with Gasteiger partial charge >= 0.3 is 0 Å². The lowest BCUT2D eigenvalue weighted by molar-refractivity contribution is 0.0962. The number of benzene rings is 1. The topological polar surface area (TPSA) is 81.9 Å². The maximum absolute atomic E-state index is 11.9. The molecule has 3 heterocycles. The molecule has 4 rings (SSSR count). The molecule has 0 radical (unpaired) electrons. The van der Waals surface area contributed by atoms with Crippen molar-refractivity contribution in [3.8, 4) is 27.8 Å². The van der Waals surface area contributed by atoms with Gasteiger partial charge in [-0.2, -0.15) is 5.10 Å². The maximum atomic E-state index is 11.9. The first-order valence-corrected chi connectivity index (χ1v) is 8.90. The van der Waals surface area contributed by atoms with Crippen molar-refractivity contribution in [1.82, 2.24) is 25.1 Å². The van der Waals surface area contributed by atoms with Crippen LogP contribution in [0.25, 0.3) is 22.1 Å². The van der Waals surface area contributed by atoms with Crippen LogP contribution in [0.1, 0.15) is 22.2 Å². The van der Waals surface area contributed by atoms with Crippen molar-refractivity contribution in [2.24, 2.45) is 0 Å². The average Bonchev–Trinajstić information content (AvgIpc) is 3.24. The number of aromatic nitrogens is 4. The smallest absolute Gasteiger partial charge is 0.251 e. The summed E-state index contributed by atoms with van der Waals surface area (Å²) in [5.74, 6) is 1.34. The zero-order valence-electron chi connectivity index (χ0n) is 13.9. The zero-order valence-corrected chi connectivity index (χ0v) is 14.8. The lowest BCUT2D eigenvalue weighted by Gasteiger charge is -2.09. The highest BCUT2D eigenvalue weighted by Crippen LogP contribution is 2.40.